The Morgan fingerprint density at radius 2 is 1.39 bits per heavy atom. The van der Waals surface area contributed by atoms with E-state index in [1.165, 1.54) is 25.0 Å². The molecule has 49 heavy (non-hydrogen) atoms. The van der Waals surface area contributed by atoms with E-state index in [0.717, 1.165) is 25.9 Å². The zero-order chi connectivity index (χ0) is 33.4. The lowest BCUT2D eigenvalue weighted by Crippen LogP contribution is -2.56. The van der Waals surface area contributed by atoms with Crippen molar-refractivity contribution in [3.63, 3.8) is 0 Å². The zero-order valence-corrected chi connectivity index (χ0v) is 30.8. The van der Waals surface area contributed by atoms with E-state index in [1.807, 2.05) is 0 Å². The second-order valence-corrected chi connectivity index (χ2v) is 14.9. The van der Waals surface area contributed by atoms with Gasteiger partial charge in [-0.2, -0.15) is 0 Å². The molecule has 0 spiro atoms. The molecule has 4 atom stereocenters. The Morgan fingerprint density at radius 3 is 1.94 bits per heavy atom. The molecule has 266 valence electrons. The zero-order valence-electron chi connectivity index (χ0n) is 26.8. The number of rotatable bonds is 9. The standard InChI is InChI=1S/C34H38Cl2N4O6S.2ClH/c1-38-20-10-11-21(38)17-22(16-20)39-12-14-40(15-13-39)28(41)18-26-30(33(42)43)32(29-24(35)8-5-9-25(29)36)31(34(44)45)27(37-26)19-47(46)23-6-3-2-4-7-23;;/h2-9,20-22,32,37H,10-19H2,1H3,(H,42,43)(H,44,45);2*1H. The maximum atomic E-state index is 13.8. The average Bonchev–Trinajstić information content (AvgIpc) is 3.23. The molecule has 4 aliphatic heterocycles. The molecule has 3 saturated heterocycles. The number of dihydropyridines is 1. The number of aliphatic carboxylic acids is 2. The predicted molar refractivity (Wildman–Crippen MR) is 194 cm³/mol. The van der Waals surface area contributed by atoms with Gasteiger partial charge in [0.05, 0.1) is 29.2 Å². The molecule has 15 heteroatoms. The van der Waals surface area contributed by atoms with Gasteiger partial charge in [-0.1, -0.05) is 47.5 Å². The average molecular weight is 775 g/mol. The topological polar surface area (TPSA) is 136 Å². The van der Waals surface area contributed by atoms with Crippen LogP contribution >= 0.6 is 48.0 Å². The summed E-state index contributed by atoms with van der Waals surface area (Å²) in [6, 6.07) is 14.9. The summed E-state index contributed by atoms with van der Waals surface area (Å²) >= 11 is 11.4. The van der Waals surface area contributed by atoms with E-state index in [1.54, 1.807) is 41.3 Å². The highest BCUT2D eigenvalue weighted by Gasteiger charge is 2.43. The minimum absolute atomic E-state index is 0. The van der Waals surface area contributed by atoms with Crippen LogP contribution in [0.15, 0.2) is 76.0 Å². The fourth-order valence-electron chi connectivity index (χ4n) is 7.71. The van der Waals surface area contributed by atoms with Gasteiger partial charge >= 0.3 is 11.9 Å². The second-order valence-electron chi connectivity index (χ2n) is 12.7. The number of amides is 1. The van der Waals surface area contributed by atoms with Crippen LogP contribution in [-0.2, 0) is 25.6 Å². The number of hydrogen-bond acceptors (Lipinski definition) is 7. The predicted octanol–water partition coefficient (Wildman–Crippen LogP) is 5.17. The molecule has 4 unspecified atom stereocenters. The highest BCUT2D eigenvalue weighted by Crippen LogP contribution is 2.45. The molecule has 4 heterocycles. The van der Waals surface area contributed by atoms with E-state index >= 15 is 0 Å². The van der Waals surface area contributed by atoms with Crippen LogP contribution in [0.2, 0.25) is 10.0 Å². The van der Waals surface area contributed by atoms with Crippen molar-refractivity contribution in [1.29, 1.82) is 0 Å². The van der Waals surface area contributed by atoms with Crippen molar-refractivity contribution < 1.29 is 29.1 Å². The molecule has 10 nitrogen and oxygen atoms in total. The van der Waals surface area contributed by atoms with Crippen molar-refractivity contribution in [1.82, 2.24) is 20.0 Å². The molecule has 4 aliphatic rings. The maximum absolute atomic E-state index is 13.8. The molecule has 2 bridgehead atoms. The number of benzene rings is 2. The first-order valence-electron chi connectivity index (χ1n) is 15.8. The molecule has 0 radical (unpaired) electrons. The summed E-state index contributed by atoms with van der Waals surface area (Å²) in [5.74, 6) is -4.78. The third-order valence-electron chi connectivity index (χ3n) is 10.1. The van der Waals surface area contributed by atoms with Crippen LogP contribution in [0.1, 0.15) is 43.6 Å². The van der Waals surface area contributed by atoms with Gasteiger partial charge in [-0.15, -0.1) is 24.8 Å². The van der Waals surface area contributed by atoms with Gasteiger partial charge in [-0.3, -0.25) is 9.69 Å². The largest absolute Gasteiger partial charge is 0.611 e. The van der Waals surface area contributed by atoms with Crippen molar-refractivity contribution in [2.45, 2.75) is 61.0 Å². The number of carboxylic acids is 2. The number of nitrogens with one attached hydrogen (secondary N) is 1. The number of hydrogen-bond donors (Lipinski definition) is 3. The fraction of sp³-hybridized carbons (Fsp3) is 0.441. The van der Waals surface area contributed by atoms with Crippen LogP contribution in [0.3, 0.4) is 0 Å². The lowest BCUT2D eigenvalue weighted by molar-refractivity contribution is -0.133. The number of fused-ring (bicyclic) bond motifs is 2. The quantitative estimate of drug-likeness (QED) is 0.295. The van der Waals surface area contributed by atoms with Crippen LogP contribution in [0.5, 0.6) is 0 Å². The molecule has 3 fully saturated rings. The summed E-state index contributed by atoms with van der Waals surface area (Å²) in [7, 11) is 2.22. The van der Waals surface area contributed by atoms with Gasteiger partial charge in [0.15, 0.2) is 10.6 Å². The van der Waals surface area contributed by atoms with E-state index in [2.05, 4.69) is 22.2 Å². The highest BCUT2D eigenvalue weighted by atomic mass is 35.5. The lowest BCUT2D eigenvalue weighted by atomic mass is 9.79. The van der Waals surface area contributed by atoms with E-state index in [4.69, 9.17) is 23.2 Å². The Balaban J connectivity index is 0.00000270. The number of carbonyl (C=O) groups is 3. The van der Waals surface area contributed by atoms with E-state index in [9.17, 15) is 29.1 Å². The Bertz CT molecular complexity index is 1590. The summed E-state index contributed by atoms with van der Waals surface area (Å²) in [6.07, 6.45) is 4.44. The molecule has 0 saturated carbocycles. The number of piperidine rings is 1. The summed E-state index contributed by atoms with van der Waals surface area (Å²) in [6.45, 7) is 2.49. The first-order valence-corrected chi connectivity index (χ1v) is 17.9. The number of piperazine rings is 1. The molecule has 0 aliphatic carbocycles. The smallest absolute Gasteiger partial charge is 0.334 e. The first kappa shape index (κ1) is 39.3. The Kier molecular flexibility index (Phi) is 13.4. The van der Waals surface area contributed by atoms with Crippen molar-refractivity contribution in [2.75, 3.05) is 39.0 Å². The normalized spacial score (nSPS) is 24.9. The van der Waals surface area contributed by atoms with Crippen LogP contribution < -0.4 is 5.32 Å². The fourth-order valence-corrected chi connectivity index (χ4v) is 9.44. The van der Waals surface area contributed by atoms with Gasteiger partial charge in [0, 0.05) is 65.6 Å². The van der Waals surface area contributed by atoms with Crippen molar-refractivity contribution in [3.05, 3.63) is 86.7 Å². The maximum Gasteiger partial charge on any atom is 0.334 e. The van der Waals surface area contributed by atoms with Gasteiger partial charge in [0.2, 0.25) is 5.91 Å². The van der Waals surface area contributed by atoms with Crippen LogP contribution in [-0.4, -0.2) is 104 Å². The minimum atomic E-state index is -1.69. The second kappa shape index (κ2) is 16.7. The third-order valence-corrected chi connectivity index (χ3v) is 12.2. The van der Waals surface area contributed by atoms with Gasteiger partial charge in [-0.05, 0) is 68.2 Å². The summed E-state index contributed by atoms with van der Waals surface area (Å²) in [5, 5.41) is 24.1. The van der Waals surface area contributed by atoms with E-state index in [0.29, 0.717) is 36.1 Å². The minimum Gasteiger partial charge on any atom is -0.611 e. The van der Waals surface area contributed by atoms with Crippen LogP contribution in [0.25, 0.3) is 0 Å². The molecule has 0 aromatic heterocycles. The van der Waals surface area contributed by atoms with Gasteiger partial charge in [0.1, 0.15) is 0 Å². The first-order chi connectivity index (χ1) is 22.5. The highest BCUT2D eigenvalue weighted by molar-refractivity contribution is 7.91. The van der Waals surface area contributed by atoms with E-state index in [-0.39, 0.29) is 81.0 Å². The van der Waals surface area contributed by atoms with Crippen LogP contribution in [0.4, 0.5) is 0 Å². The number of carbonyl (C=O) groups excluding carboxylic acids is 1. The lowest BCUT2D eigenvalue weighted by Gasteiger charge is -2.45. The molecule has 6 rings (SSSR count). The molecule has 1 amide bonds. The van der Waals surface area contributed by atoms with Gasteiger partial charge in [-0.25, -0.2) is 9.59 Å². The Hall–Kier alpha value is -2.48. The van der Waals surface area contributed by atoms with E-state index < -0.39 is 29.0 Å². The molecule has 3 N–H and O–H groups in total. The van der Waals surface area contributed by atoms with Crippen molar-refractivity contribution in [3.8, 4) is 0 Å². The number of carboxylic acid groups (broad SMARTS) is 2. The third kappa shape index (κ3) is 8.20. The van der Waals surface area contributed by atoms with Crippen molar-refractivity contribution in [2.24, 2.45) is 0 Å². The molecular formula is C34H40Cl4N4O6S. The monoisotopic (exact) mass is 772 g/mol. The number of halogens is 4. The van der Waals surface area contributed by atoms with Gasteiger partial charge < -0.3 is 29.9 Å². The molecule has 2 aromatic carbocycles. The Morgan fingerprint density at radius 1 is 0.837 bits per heavy atom. The van der Waals surface area contributed by atoms with Gasteiger partial charge in [0.25, 0.3) is 0 Å². The summed E-state index contributed by atoms with van der Waals surface area (Å²) in [5.41, 5.74) is -0.502. The summed E-state index contributed by atoms with van der Waals surface area (Å²) < 4.78 is 13.5. The Labute approximate surface area is 311 Å². The SMILES string of the molecule is CN1C2CCC1CC(N1CCN(C(=O)CC3=C(C(=O)O)C(c4c(Cl)cccc4Cl)C(C(=O)O)=C(C[S+]([O-])c4ccccc4)N3)CC1)C2.Cl.Cl. The molecule has 2 aromatic rings. The number of nitrogens with zero attached hydrogens (tertiary/aromatic N) is 3. The molecular weight excluding hydrogens is 734 g/mol. The summed E-state index contributed by atoms with van der Waals surface area (Å²) in [4.78, 5) is 46.8. The van der Waals surface area contributed by atoms with Crippen molar-refractivity contribution >= 4 is 77.0 Å². The van der Waals surface area contributed by atoms with Crippen LogP contribution in [0, 0.1) is 0 Å².